The molecule has 1 aromatic rings. The van der Waals surface area contributed by atoms with Crippen LogP contribution in [0.15, 0.2) is 12.3 Å². The number of aryl methyl sites for hydroxylation is 1. The van der Waals surface area contributed by atoms with E-state index in [1.807, 2.05) is 13.0 Å². The number of rotatable bonds is 3. The van der Waals surface area contributed by atoms with Gasteiger partial charge in [-0.15, -0.1) is 0 Å². The molecule has 5 nitrogen and oxygen atoms in total. The predicted octanol–water partition coefficient (Wildman–Crippen LogP) is 2.52. The van der Waals surface area contributed by atoms with Crippen molar-refractivity contribution in [3.8, 4) is 0 Å². The van der Waals surface area contributed by atoms with Crippen LogP contribution in [-0.4, -0.2) is 46.1 Å². The van der Waals surface area contributed by atoms with Gasteiger partial charge in [-0.1, -0.05) is 6.42 Å². The number of nitrogens with zero attached hydrogens (tertiary/aromatic N) is 2. The van der Waals surface area contributed by atoms with Crippen LogP contribution in [-0.2, 0) is 0 Å². The molecule has 2 saturated heterocycles. The summed E-state index contributed by atoms with van der Waals surface area (Å²) in [6.07, 6.45) is 7.47. The van der Waals surface area contributed by atoms with E-state index in [9.17, 15) is 9.90 Å². The molecule has 0 aliphatic carbocycles. The number of carboxylic acids is 1. The molecule has 2 N–H and O–H groups in total. The van der Waals surface area contributed by atoms with Gasteiger partial charge in [0.05, 0.1) is 5.69 Å². The van der Waals surface area contributed by atoms with Crippen LogP contribution in [0.5, 0.6) is 0 Å². The van der Waals surface area contributed by atoms with Gasteiger partial charge >= 0.3 is 5.97 Å². The van der Waals surface area contributed by atoms with Crippen molar-refractivity contribution in [2.45, 2.75) is 57.2 Å². The third kappa shape index (κ3) is 2.88. The lowest BCUT2D eigenvalue weighted by atomic mass is 9.82. The van der Waals surface area contributed by atoms with E-state index in [4.69, 9.17) is 0 Å². The second-order valence-corrected chi connectivity index (χ2v) is 6.39. The average Bonchev–Trinajstić information content (AvgIpc) is 2.39. The zero-order chi connectivity index (χ0) is 15.0. The molecule has 0 saturated carbocycles. The number of hydrogen-bond donors (Lipinski definition) is 2. The van der Waals surface area contributed by atoms with Crippen molar-refractivity contribution in [1.82, 2.24) is 9.88 Å². The number of carboxylic acid groups (broad SMARTS) is 1. The molecule has 2 unspecified atom stereocenters. The van der Waals surface area contributed by atoms with Gasteiger partial charge in [0.15, 0.2) is 0 Å². The molecule has 114 valence electrons. The van der Waals surface area contributed by atoms with Gasteiger partial charge in [0.1, 0.15) is 5.56 Å². The van der Waals surface area contributed by atoms with Gasteiger partial charge in [0, 0.05) is 30.0 Å². The summed E-state index contributed by atoms with van der Waals surface area (Å²) in [5.41, 5.74) is 1.82. The lowest BCUT2D eigenvalue weighted by Crippen LogP contribution is -2.52. The Labute approximate surface area is 125 Å². The molecule has 2 bridgehead atoms. The number of anilines is 1. The standard InChI is InChI=1S/C16H23N3O2/c1-10-6-15(14(9-17-10)16(20)21)18-11-7-12-4-3-5-13(8-11)19(12)2/h6,9,11-13H,3-5,7-8H2,1-2H3,(H,17,18)(H,20,21). The zero-order valence-electron chi connectivity index (χ0n) is 12.7. The van der Waals surface area contributed by atoms with Crippen molar-refractivity contribution >= 4 is 11.7 Å². The molecule has 2 fully saturated rings. The molecule has 0 spiro atoms. The monoisotopic (exact) mass is 289 g/mol. The molecule has 0 amide bonds. The summed E-state index contributed by atoms with van der Waals surface area (Å²) >= 11 is 0. The van der Waals surface area contributed by atoms with E-state index >= 15 is 0 Å². The van der Waals surface area contributed by atoms with E-state index < -0.39 is 5.97 Å². The minimum Gasteiger partial charge on any atom is -0.478 e. The lowest BCUT2D eigenvalue weighted by Gasteiger charge is -2.47. The first-order valence-electron chi connectivity index (χ1n) is 7.73. The van der Waals surface area contributed by atoms with Crippen molar-refractivity contribution in [3.05, 3.63) is 23.5 Å². The molecular formula is C16H23N3O2. The number of aromatic carboxylic acids is 1. The molecule has 2 aliphatic heterocycles. The Morgan fingerprint density at radius 1 is 1.38 bits per heavy atom. The van der Waals surface area contributed by atoms with Gasteiger partial charge in [-0.25, -0.2) is 4.79 Å². The Balaban J connectivity index is 1.78. The summed E-state index contributed by atoms with van der Waals surface area (Å²) < 4.78 is 0. The molecule has 2 atom stereocenters. The minimum absolute atomic E-state index is 0.268. The van der Waals surface area contributed by atoms with Crippen LogP contribution in [0.25, 0.3) is 0 Å². The molecule has 5 heteroatoms. The SMILES string of the molecule is Cc1cc(NC2CC3CCCC(C2)N3C)c(C(=O)O)cn1. The molecule has 3 heterocycles. The number of aromatic nitrogens is 1. The van der Waals surface area contributed by atoms with Crippen molar-refractivity contribution in [1.29, 1.82) is 0 Å². The highest BCUT2D eigenvalue weighted by Gasteiger charge is 2.36. The maximum absolute atomic E-state index is 11.3. The van der Waals surface area contributed by atoms with Crippen molar-refractivity contribution < 1.29 is 9.90 Å². The molecule has 0 radical (unpaired) electrons. The van der Waals surface area contributed by atoms with E-state index in [-0.39, 0.29) is 5.56 Å². The first-order chi connectivity index (χ1) is 10.0. The zero-order valence-corrected chi connectivity index (χ0v) is 12.7. The number of pyridine rings is 1. The van der Waals surface area contributed by atoms with E-state index in [0.29, 0.717) is 23.8 Å². The second-order valence-electron chi connectivity index (χ2n) is 6.39. The van der Waals surface area contributed by atoms with Gasteiger partial charge in [0.25, 0.3) is 0 Å². The van der Waals surface area contributed by atoms with Crippen LogP contribution in [0.3, 0.4) is 0 Å². The maximum atomic E-state index is 11.3. The van der Waals surface area contributed by atoms with Crippen molar-refractivity contribution in [3.63, 3.8) is 0 Å². The number of hydrogen-bond acceptors (Lipinski definition) is 4. The quantitative estimate of drug-likeness (QED) is 0.895. The highest BCUT2D eigenvalue weighted by Crippen LogP contribution is 2.34. The molecule has 21 heavy (non-hydrogen) atoms. The summed E-state index contributed by atoms with van der Waals surface area (Å²) in [6.45, 7) is 1.89. The van der Waals surface area contributed by atoms with Crippen molar-refractivity contribution in [2.24, 2.45) is 0 Å². The average molecular weight is 289 g/mol. The summed E-state index contributed by atoms with van der Waals surface area (Å²) in [5.74, 6) is -0.918. The Kier molecular flexibility index (Phi) is 3.85. The van der Waals surface area contributed by atoms with Crippen LogP contribution in [0.2, 0.25) is 0 Å². The molecule has 3 rings (SSSR count). The summed E-state index contributed by atoms with van der Waals surface area (Å²) in [6, 6.07) is 3.46. The fraction of sp³-hybridized carbons (Fsp3) is 0.625. The predicted molar refractivity (Wildman–Crippen MR) is 81.8 cm³/mol. The Hall–Kier alpha value is -1.62. The highest BCUT2D eigenvalue weighted by atomic mass is 16.4. The number of carbonyl (C=O) groups is 1. The third-order valence-electron chi connectivity index (χ3n) is 4.97. The van der Waals surface area contributed by atoms with Crippen molar-refractivity contribution in [2.75, 3.05) is 12.4 Å². The Bertz CT molecular complexity index is 532. The van der Waals surface area contributed by atoms with E-state index in [1.165, 1.54) is 25.5 Å². The van der Waals surface area contributed by atoms with Crippen LogP contribution >= 0.6 is 0 Å². The van der Waals surface area contributed by atoms with Crippen LogP contribution in [0, 0.1) is 6.92 Å². The largest absolute Gasteiger partial charge is 0.478 e. The lowest BCUT2D eigenvalue weighted by molar-refractivity contribution is 0.0607. The van der Waals surface area contributed by atoms with E-state index in [1.54, 1.807) is 0 Å². The van der Waals surface area contributed by atoms with Gasteiger partial charge < -0.3 is 15.3 Å². The normalized spacial score (nSPS) is 29.1. The van der Waals surface area contributed by atoms with Crippen LogP contribution in [0.4, 0.5) is 5.69 Å². The highest BCUT2D eigenvalue weighted by molar-refractivity contribution is 5.93. The topological polar surface area (TPSA) is 65.5 Å². The first kappa shape index (κ1) is 14.3. The van der Waals surface area contributed by atoms with Gasteiger partial charge in [-0.3, -0.25) is 4.98 Å². The van der Waals surface area contributed by atoms with Gasteiger partial charge in [0.2, 0.25) is 0 Å². The van der Waals surface area contributed by atoms with E-state index in [0.717, 1.165) is 18.5 Å². The smallest absolute Gasteiger partial charge is 0.339 e. The Morgan fingerprint density at radius 2 is 2.05 bits per heavy atom. The summed E-state index contributed by atoms with van der Waals surface area (Å²) in [4.78, 5) is 17.9. The van der Waals surface area contributed by atoms with Gasteiger partial charge in [-0.2, -0.15) is 0 Å². The third-order valence-corrected chi connectivity index (χ3v) is 4.97. The molecule has 1 aromatic heterocycles. The molecule has 0 aromatic carbocycles. The van der Waals surface area contributed by atoms with Crippen LogP contribution in [0.1, 0.15) is 48.2 Å². The van der Waals surface area contributed by atoms with E-state index in [2.05, 4.69) is 22.2 Å². The minimum atomic E-state index is -0.918. The number of fused-ring (bicyclic) bond motifs is 2. The van der Waals surface area contributed by atoms with Gasteiger partial charge in [-0.05, 0) is 45.7 Å². The summed E-state index contributed by atoms with van der Waals surface area (Å²) in [7, 11) is 2.23. The second kappa shape index (κ2) is 5.64. The summed E-state index contributed by atoms with van der Waals surface area (Å²) in [5, 5.41) is 12.8. The maximum Gasteiger partial charge on any atom is 0.339 e. The Morgan fingerprint density at radius 3 is 2.67 bits per heavy atom. The number of piperidine rings is 2. The first-order valence-corrected chi connectivity index (χ1v) is 7.73. The fourth-order valence-electron chi connectivity index (χ4n) is 3.80. The number of nitrogens with one attached hydrogen (secondary N) is 1. The van der Waals surface area contributed by atoms with Crippen LogP contribution < -0.4 is 5.32 Å². The fourth-order valence-corrected chi connectivity index (χ4v) is 3.80. The molecular weight excluding hydrogens is 266 g/mol. The molecule has 2 aliphatic rings.